The number of hydrogen-bond donors (Lipinski definition) is 1. The van der Waals surface area contributed by atoms with Crippen LogP contribution in [0.3, 0.4) is 0 Å². The van der Waals surface area contributed by atoms with Gasteiger partial charge in [0, 0.05) is 20.6 Å². The van der Waals surface area contributed by atoms with Crippen molar-refractivity contribution in [2.24, 2.45) is 0 Å². The van der Waals surface area contributed by atoms with E-state index >= 15 is 0 Å². The van der Waals surface area contributed by atoms with Crippen LogP contribution < -0.4 is 0 Å². The molecule has 5 heteroatoms. The van der Waals surface area contributed by atoms with Gasteiger partial charge in [0.1, 0.15) is 0 Å². The topological polar surface area (TPSA) is 43.8 Å². The number of carbonyl (C=O) groups is 1. The maximum absolute atomic E-state index is 13.1. The zero-order chi connectivity index (χ0) is 13.0. The molecule has 1 N–H and O–H groups in total. The summed E-state index contributed by atoms with van der Waals surface area (Å²) in [6.45, 7) is 0.728. The Morgan fingerprint density at radius 2 is 2.00 bits per heavy atom. The first-order chi connectivity index (χ1) is 7.90. The molecule has 0 aliphatic heterocycles. The number of rotatable bonds is 4. The van der Waals surface area contributed by atoms with E-state index in [2.05, 4.69) is 0 Å². The van der Waals surface area contributed by atoms with Gasteiger partial charge in [-0.2, -0.15) is 0 Å². The highest BCUT2D eigenvalue weighted by Gasteiger charge is 2.09. The van der Waals surface area contributed by atoms with E-state index in [1.165, 1.54) is 17.0 Å². The minimum atomic E-state index is -0.644. The summed E-state index contributed by atoms with van der Waals surface area (Å²) in [7, 11) is 5.17. The number of amides is 1. The van der Waals surface area contributed by atoms with Crippen molar-refractivity contribution in [3.8, 4) is 5.75 Å². The van der Waals surface area contributed by atoms with Crippen LogP contribution in [-0.4, -0.2) is 48.5 Å². The predicted octanol–water partition coefficient (Wildman–Crippen LogP) is 1.05. The summed E-state index contributed by atoms with van der Waals surface area (Å²) < 4.78 is 13.1. The molecule has 0 fully saturated rings. The van der Waals surface area contributed by atoms with Gasteiger partial charge in [-0.05, 0) is 24.7 Å². The molecule has 0 saturated heterocycles. The van der Waals surface area contributed by atoms with Gasteiger partial charge in [0.05, 0.1) is 6.54 Å². The van der Waals surface area contributed by atoms with E-state index in [1.54, 1.807) is 32.1 Å². The summed E-state index contributed by atoms with van der Waals surface area (Å²) in [6, 6.07) is 4.22. The molecule has 4 nitrogen and oxygen atoms in total. The van der Waals surface area contributed by atoms with Crippen molar-refractivity contribution in [2.75, 3.05) is 27.7 Å². The highest BCUT2D eigenvalue weighted by molar-refractivity contribution is 5.77. The normalized spacial score (nSPS) is 10.6. The molecular formula is C12H17FN2O2. The lowest BCUT2D eigenvalue weighted by Gasteiger charge is -2.19. The van der Waals surface area contributed by atoms with Crippen LogP contribution in [0.2, 0.25) is 0 Å². The largest absolute Gasteiger partial charge is 0.505 e. The Kier molecular flexibility index (Phi) is 4.45. The molecule has 17 heavy (non-hydrogen) atoms. The molecule has 0 aliphatic rings. The minimum absolute atomic E-state index is 0.00764. The van der Waals surface area contributed by atoms with Gasteiger partial charge in [-0.25, -0.2) is 4.39 Å². The zero-order valence-electron chi connectivity index (χ0n) is 10.3. The lowest BCUT2D eigenvalue weighted by atomic mass is 10.2. The van der Waals surface area contributed by atoms with E-state index in [9.17, 15) is 9.18 Å². The molecule has 0 spiro atoms. The summed E-state index contributed by atoms with van der Waals surface area (Å²) in [5, 5.41) is 9.05. The Hall–Kier alpha value is -1.62. The van der Waals surface area contributed by atoms with E-state index in [-0.39, 0.29) is 18.2 Å². The number of likely N-dealkylation sites (N-methyl/N-ethyl adjacent to an activating group) is 2. The standard InChI is InChI=1S/C12H17FN2O2/c1-14(2)12(17)8-15(3)7-9-4-5-11(16)10(13)6-9/h4-6,16H,7-8H2,1-3H3. The van der Waals surface area contributed by atoms with Crippen molar-refractivity contribution < 1.29 is 14.3 Å². The molecule has 0 aliphatic carbocycles. The average molecular weight is 240 g/mol. The zero-order valence-corrected chi connectivity index (χ0v) is 10.3. The van der Waals surface area contributed by atoms with Gasteiger partial charge in [-0.3, -0.25) is 9.69 Å². The third-order valence-electron chi connectivity index (χ3n) is 2.37. The number of halogens is 1. The fourth-order valence-corrected chi connectivity index (χ4v) is 1.39. The summed E-state index contributed by atoms with van der Waals surface area (Å²) >= 11 is 0. The van der Waals surface area contributed by atoms with E-state index in [0.29, 0.717) is 12.1 Å². The van der Waals surface area contributed by atoms with Crippen molar-refractivity contribution >= 4 is 5.91 Å². The molecule has 0 heterocycles. The number of benzene rings is 1. The van der Waals surface area contributed by atoms with Crippen molar-refractivity contribution in [3.05, 3.63) is 29.6 Å². The first-order valence-electron chi connectivity index (χ1n) is 5.26. The maximum Gasteiger partial charge on any atom is 0.236 e. The second kappa shape index (κ2) is 5.63. The smallest absolute Gasteiger partial charge is 0.236 e. The second-order valence-corrected chi connectivity index (χ2v) is 4.25. The van der Waals surface area contributed by atoms with Gasteiger partial charge in [0.25, 0.3) is 0 Å². The number of nitrogens with zero attached hydrogens (tertiary/aromatic N) is 2. The lowest BCUT2D eigenvalue weighted by Crippen LogP contribution is -2.34. The highest BCUT2D eigenvalue weighted by atomic mass is 19.1. The second-order valence-electron chi connectivity index (χ2n) is 4.25. The number of aromatic hydroxyl groups is 1. The molecular weight excluding hydrogens is 223 g/mol. The Morgan fingerprint density at radius 3 is 2.53 bits per heavy atom. The molecule has 1 amide bonds. The first kappa shape index (κ1) is 13.4. The van der Waals surface area contributed by atoms with Gasteiger partial charge in [0.2, 0.25) is 5.91 Å². The minimum Gasteiger partial charge on any atom is -0.505 e. The third kappa shape index (κ3) is 4.03. The molecule has 0 aromatic heterocycles. The van der Waals surface area contributed by atoms with Gasteiger partial charge in [-0.1, -0.05) is 6.07 Å². The Morgan fingerprint density at radius 1 is 1.35 bits per heavy atom. The number of phenols is 1. The highest BCUT2D eigenvalue weighted by Crippen LogP contribution is 2.16. The van der Waals surface area contributed by atoms with E-state index in [0.717, 1.165) is 0 Å². The molecule has 0 saturated carbocycles. The number of phenolic OH excluding ortho intramolecular Hbond substituents is 1. The summed E-state index contributed by atoms with van der Waals surface area (Å²) in [5.41, 5.74) is 0.717. The van der Waals surface area contributed by atoms with Crippen LogP contribution in [0.15, 0.2) is 18.2 Å². The average Bonchev–Trinajstić information content (AvgIpc) is 2.23. The van der Waals surface area contributed by atoms with Crippen LogP contribution in [0.4, 0.5) is 4.39 Å². The third-order valence-corrected chi connectivity index (χ3v) is 2.37. The van der Waals surface area contributed by atoms with Crippen molar-refractivity contribution in [1.82, 2.24) is 9.80 Å². The van der Waals surface area contributed by atoms with E-state index in [1.807, 2.05) is 0 Å². The van der Waals surface area contributed by atoms with E-state index in [4.69, 9.17) is 5.11 Å². The fraction of sp³-hybridized carbons (Fsp3) is 0.417. The SMILES string of the molecule is CN(CC(=O)N(C)C)Cc1ccc(O)c(F)c1. The van der Waals surface area contributed by atoms with Crippen LogP contribution in [0.25, 0.3) is 0 Å². The molecule has 0 bridgehead atoms. The predicted molar refractivity (Wildman–Crippen MR) is 63.1 cm³/mol. The van der Waals surface area contributed by atoms with Gasteiger partial charge < -0.3 is 10.0 Å². The van der Waals surface area contributed by atoms with Crippen molar-refractivity contribution in [3.63, 3.8) is 0 Å². The molecule has 1 rings (SSSR count). The number of hydrogen-bond acceptors (Lipinski definition) is 3. The van der Waals surface area contributed by atoms with Crippen molar-refractivity contribution in [1.29, 1.82) is 0 Å². The van der Waals surface area contributed by atoms with Crippen LogP contribution in [0, 0.1) is 5.82 Å². The quantitative estimate of drug-likeness (QED) is 0.855. The molecule has 0 unspecified atom stereocenters. The first-order valence-corrected chi connectivity index (χ1v) is 5.26. The fourth-order valence-electron chi connectivity index (χ4n) is 1.39. The maximum atomic E-state index is 13.1. The molecule has 0 radical (unpaired) electrons. The van der Waals surface area contributed by atoms with Gasteiger partial charge in [0.15, 0.2) is 11.6 Å². The van der Waals surface area contributed by atoms with Crippen LogP contribution in [-0.2, 0) is 11.3 Å². The van der Waals surface area contributed by atoms with Gasteiger partial charge in [-0.15, -0.1) is 0 Å². The van der Waals surface area contributed by atoms with Crippen LogP contribution in [0.1, 0.15) is 5.56 Å². The molecule has 1 aromatic carbocycles. The number of carbonyl (C=O) groups excluding carboxylic acids is 1. The van der Waals surface area contributed by atoms with Crippen molar-refractivity contribution in [2.45, 2.75) is 6.54 Å². The Bertz CT molecular complexity index is 407. The Balaban J connectivity index is 2.59. The summed E-state index contributed by atoms with van der Waals surface area (Å²) in [4.78, 5) is 14.7. The summed E-state index contributed by atoms with van der Waals surface area (Å²) in [5.74, 6) is -1.01. The Labute approximate surface area is 100 Å². The lowest BCUT2D eigenvalue weighted by molar-refractivity contribution is -0.129. The van der Waals surface area contributed by atoms with Gasteiger partial charge >= 0.3 is 0 Å². The summed E-state index contributed by atoms with van der Waals surface area (Å²) in [6.07, 6.45) is 0. The van der Waals surface area contributed by atoms with Crippen LogP contribution in [0.5, 0.6) is 5.75 Å². The van der Waals surface area contributed by atoms with E-state index < -0.39 is 5.82 Å². The van der Waals surface area contributed by atoms with Crippen LogP contribution >= 0.6 is 0 Å². The molecule has 0 atom stereocenters. The monoisotopic (exact) mass is 240 g/mol. The molecule has 94 valence electrons. The molecule has 1 aromatic rings.